The summed E-state index contributed by atoms with van der Waals surface area (Å²) >= 11 is 0. The third kappa shape index (κ3) is 5.63. The van der Waals surface area contributed by atoms with E-state index in [1.807, 2.05) is 0 Å². The number of benzene rings is 2. The van der Waals surface area contributed by atoms with Gasteiger partial charge in [0.25, 0.3) is 5.91 Å². The topological polar surface area (TPSA) is 87.7 Å². The molecule has 144 valence electrons. The lowest BCUT2D eigenvalue weighted by atomic mass is 10.1. The van der Waals surface area contributed by atoms with E-state index >= 15 is 0 Å². The van der Waals surface area contributed by atoms with Crippen LogP contribution in [0.3, 0.4) is 0 Å². The molecule has 0 aliphatic carbocycles. The van der Waals surface area contributed by atoms with Gasteiger partial charge in [0.15, 0.2) is 11.5 Å². The Morgan fingerprint density at radius 2 is 1.74 bits per heavy atom. The molecular formula is C18H17F3N2O4. The number of rotatable bonds is 6. The van der Waals surface area contributed by atoms with Gasteiger partial charge in [-0.25, -0.2) is 0 Å². The van der Waals surface area contributed by atoms with Crippen LogP contribution in [0.1, 0.15) is 21.5 Å². The molecule has 0 aromatic heterocycles. The molecule has 0 unspecified atom stereocenters. The molecule has 2 aromatic carbocycles. The zero-order valence-electron chi connectivity index (χ0n) is 14.3. The van der Waals surface area contributed by atoms with Gasteiger partial charge in [0, 0.05) is 12.1 Å². The minimum absolute atomic E-state index is 0.0277. The van der Waals surface area contributed by atoms with Crippen LogP contribution in [0.2, 0.25) is 0 Å². The highest BCUT2D eigenvalue weighted by molar-refractivity contribution is 5.97. The van der Waals surface area contributed by atoms with E-state index in [2.05, 4.69) is 10.6 Å². The van der Waals surface area contributed by atoms with E-state index in [4.69, 9.17) is 4.74 Å². The first-order valence-electron chi connectivity index (χ1n) is 7.78. The fraction of sp³-hybridized carbons (Fsp3) is 0.222. The molecule has 9 heteroatoms. The van der Waals surface area contributed by atoms with Gasteiger partial charge >= 0.3 is 6.18 Å². The van der Waals surface area contributed by atoms with Crippen molar-refractivity contribution in [2.24, 2.45) is 0 Å². The van der Waals surface area contributed by atoms with Crippen LogP contribution in [0.5, 0.6) is 11.5 Å². The standard InChI is InChI=1S/C18H17F3N2O4/c1-27-15-8-12(4-7-14(15)24)17(26)23-10-16(25)22-9-11-2-5-13(6-3-11)18(19,20)21/h2-8,24H,9-10H2,1H3,(H,22,25)(H,23,26). The Morgan fingerprint density at radius 3 is 2.33 bits per heavy atom. The number of phenols is 1. The number of carbonyl (C=O) groups is 2. The number of hydrogen-bond donors (Lipinski definition) is 3. The second-order valence-corrected chi connectivity index (χ2v) is 5.54. The van der Waals surface area contributed by atoms with Crippen LogP contribution in [0.4, 0.5) is 13.2 Å². The van der Waals surface area contributed by atoms with E-state index in [9.17, 15) is 27.9 Å². The van der Waals surface area contributed by atoms with Crippen LogP contribution in [0.15, 0.2) is 42.5 Å². The van der Waals surface area contributed by atoms with Crippen molar-refractivity contribution in [2.45, 2.75) is 12.7 Å². The normalized spacial score (nSPS) is 11.0. The molecule has 0 saturated carbocycles. The highest BCUT2D eigenvalue weighted by Crippen LogP contribution is 2.29. The summed E-state index contributed by atoms with van der Waals surface area (Å²) in [5, 5.41) is 14.4. The van der Waals surface area contributed by atoms with E-state index < -0.39 is 23.6 Å². The average molecular weight is 382 g/mol. The smallest absolute Gasteiger partial charge is 0.416 e. The lowest BCUT2D eigenvalue weighted by Gasteiger charge is -2.10. The molecule has 27 heavy (non-hydrogen) atoms. The van der Waals surface area contributed by atoms with Gasteiger partial charge in [-0.2, -0.15) is 13.2 Å². The summed E-state index contributed by atoms with van der Waals surface area (Å²) in [5.41, 5.74) is -0.0831. The van der Waals surface area contributed by atoms with Gasteiger partial charge in [0.05, 0.1) is 19.2 Å². The van der Waals surface area contributed by atoms with E-state index in [0.717, 1.165) is 12.1 Å². The zero-order valence-corrected chi connectivity index (χ0v) is 14.3. The Balaban J connectivity index is 1.83. The van der Waals surface area contributed by atoms with Crippen LogP contribution in [-0.2, 0) is 17.5 Å². The van der Waals surface area contributed by atoms with E-state index in [0.29, 0.717) is 5.56 Å². The quantitative estimate of drug-likeness (QED) is 0.716. The van der Waals surface area contributed by atoms with Crippen molar-refractivity contribution < 1.29 is 32.6 Å². The van der Waals surface area contributed by atoms with Gasteiger partial charge in [-0.1, -0.05) is 12.1 Å². The van der Waals surface area contributed by atoms with Gasteiger partial charge in [-0.15, -0.1) is 0 Å². The van der Waals surface area contributed by atoms with Gasteiger partial charge in [0.1, 0.15) is 0 Å². The van der Waals surface area contributed by atoms with E-state index in [-0.39, 0.29) is 30.2 Å². The first-order valence-corrected chi connectivity index (χ1v) is 7.78. The van der Waals surface area contributed by atoms with Crippen LogP contribution in [0, 0.1) is 0 Å². The van der Waals surface area contributed by atoms with Crippen LogP contribution in [-0.4, -0.2) is 30.6 Å². The fourth-order valence-electron chi connectivity index (χ4n) is 2.16. The minimum Gasteiger partial charge on any atom is -0.504 e. The number of alkyl halides is 3. The monoisotopic (exact) mass is 382 g/mol. The van der Waals surface area contributed by atoms with Crippen molar-refractivity contribution in [1.82, 2.24) is 10.6 Å². The number of ether oxygens (including phenoxy) is 1. The number of amides is 2. The van der Waals surface area contributed by atoms with Crippen molar-refractivity contribution in [3.63, 3.8) is 0 Å². The Morgan fingerprint density at radius 1 is 1.07 bits per heavy atom. The second-order valence-electron chi connectivity index (χ2n) is 5.54. The number of halogens is 3. The highest BCUT2D eigenvalue weighted by Gasteiger charge is 2.29. The van der Waals surface area contributed by atoms with Crippen LogP contribution >= 0.6 is 0 Å². The number of carbonyl (C=O) groups excluding carboxylic acids is 2. The molecule has 0 aliphatic rings. The van der Waals surface area contributed by atoms with Gasteiger partial charge < -0.3 is 20.5 Å². The van der Waals surface area contributed by atoms with Crippen molar-refractivity contribution in [3.8, 4) is 11.5 Å². The molecule has 0 saturated heterocycles. The summed E-state index contributed by atoms with van der Waals surface area (Å²) in [6, 6.07) is 8.38. The first-order chi connectivity index (χ1) is 12.7. The maximum Gasteiger partial charge on any atom is 0.416 e. The summed E-state index contributed by atoms with van der Waals surface area (Å²) in [7, 11) is 1.34. The van der Waals surface area contributed by atoms with Crippen molar-refractivity contribution >= 4 is 11.8 Å². The van der Waals surface area contributed by atoms with Crippen molar-refractivity contribution in [1.29, 1.82) is 0 Å². The molecule has 3 N–H and O–H groups in total. The predicted octanol–water partition coefficient (Wildman–Crippen LogP) is 2.47. The number of nitrogens with one attached hydrogen (secondary N) is 2. The van der Waals surface area contributed by atoms with Gasteiger partial charge in [-0.05, 0) is 35.9 Å². The Bertz CT molecular complexity index is 820. The molecule has 0 aliphatic heterocycles. The number of hydrogen-bond acceptors (Lipinski definition) is 4. The Kier molecular flexibility index (Phi) is 6.27. The summed E-state index contributed by atoms with van der Waals surface area (Å²) in [5.74, 6) is -1.05. The third-order valence-electron chi connectivity index (χ3n) is 3.62. The molecule has 2 rings (SSSR count). The lowest BCUT2D eigenvalue weighted by Crippen LogP contribution is -2.36. The molecule has 0 spiro atoms. The van der Waals surface area contributed by atoms with E-state index in [1.165, 1.54) is 37.4 Å². The third-order valence-corrected chi connectivity index (χ3v) is 3.62. The molecule has 0 bridgehead atoms. The maximum absolute atomic E-state index is 12.5. The molecule has 6 nitrogen and oxygen atoms in total. The summed E-state index contributed by atoms with van der Waals surface area (Å²) in [4.78, 5) is 23.8. The second kappa shape index (κ2) is 8.43. The molecule has 2 aromatic rings. The van der Waals surface area contributed by atoms with Gasteiger partial charge in [0.2, 0.25) is 5.91 Å². The zero-order chi connectivity index (χ0) is 20.0. The summed E-state index contributed by atoms with van der Waals surface area (Å²) in [6.45, 7) is -0.289. The van der Waals surface area contributed by atoms with E-state index in [1.54, 1.807) is 0 Å². The lowest BCUT2D eigenvalue weighted by molar-refractivity contribution is -0.137. The number of aromatic hydroxyl groups is 1. The van der Waals surface area contributed by atoms with Gasteiger partial charge in [-0.3, -0.25) is 9.59 Å². The SMILES string of the molecule is COc1cc(C(=O)NCC(=O)NCc2ccc(C(F)(F)F)cc2)ccc1O. The Hall–Kier alpha value is -3.23. The summed E-state index contributed by atoms with van der Waals surface area (Å²) in [6.07, 6.45) is -4.41. The predicted molar refractivity (Wildman–Crippen MR) is 90.3 cm³/mol. The largest absolute Gasteiger partial charge is 0.504 e. The molecule has 2 amide bonds. The summed E-state index contributed by atoms with van der Waals surface area (Å²) < 4.78 is 42.4. The minimum atomic E-state index is -4.41. The van der Waals surface area contributed by atoms with Crippen LogP contribution < -0.4 is 15.4 Å². The van der Waals surface area contributed by atoms with Crippen molar-refractivity contribution in [2.75, 3.05) is 13.7 Å². The average Bonchev–Trinajstić information content (AvgIpc) is 2.64. The molecular weight excluding hydrogens is 365 g/mol. The molecule has 0 fully saturated rings. The molecule has 0 radical (unpaired) electrons. The first kappa shape index (κ1) is 20.1. The maximum atomic E-state index is 12.5. The fourth-order valence-corrected chi connectivity index (χ4v) is 2.16. The van der Waals surface area contributed by atoms with Crippen LogP contribution in [0.25, 0.3) is 0 Å². The Labute approximate surface area is 153 Å². The highest BCUT2D eigenvalue weighted by atomic mass is 19.4. The number of methoxy groups -OCH3 is 1. The molecule has 0 heterocycles. The van der Waals surface area contributed by atoms with Crippen molar-refractivity contribution in [3.05, 3.63) is 59.2 Å². The number of phenolic OH excluding ortho intramolecular Hbond substituents is 1. The molecule has 0 atom stereocenters.